The quantitative estimate of drug-likeness (QED) is 0.498. The maximum absolute atomic E-state index is 2.29. The monoisotopic (exact) mass is 303 g/mol. The maximum atomic E-state index is 2.29. The number of rotatable bonds is 2. The van der Waals surface area contributed by atoms with Crippen molar-refractivity contribution in [3.63, 3.8) is 0 Å². The van der Waals surface area contributed by atoms with Gasteiger partial charge in [-0.05, 0) is 5.56 Å². The fourth-order valence-electron chi connectivity index (χ4n) is 2.10. The van der Waals surface area contributed by atoms with E-state index in [9.17, 15) is 0 Å². The van der Waals surface area contributed by atoms with Gasteiger partial charge in [0.1, 0.15) is 0 Å². The average molecular weight is 303 g/mol. The van der Waals surface area contributed by atoms with Crippen LogP contribution in [0.2, 0.25) is 0 Å². The van der Waals surface area contributed by atoms with Gasteiger partial charge in [-0.25, -0.2) is 0 Å². The zero-order valence-corrected chi connectivity index (χ0v) is 11.2. The van der Waals surface area contributed by atoms with Crippen LogP contribution >= 0.6 is 0 Å². The van der Waals surface area contributed by atoms with Gasteiger partial charge in [-0.2, -0.15) is 0 Å². The smallest absolute Gasteiger partial charge is 0.0964 e. The Kier molecular flexibility index (Phi) is 3.58. The van der Waals surface area contributed by atoms with Crippen LogP contribution in [0.1, 0.15) is 17.9 Å². The molecule has 0 radical (unpaired) electrons. The predicted molar refractivity (Wildman–Crippen MR) is 55.6 cm³/mol. The van der Waals surface area contributed by atoms with Crippen LogP contribution in [0.4, 0.5) is 0 Å². The molecule has 1 fully saturated rings. The minimum Gasteiger partial charge on any atom is -1.00 e. The first-order valence-corrected chi connectivity index (χ1v) is 4.95. The summed E-state index contributed by atoms with van der Waals surface area (Å²) in [5, 5.41) is 0. The van der Waals surface area contributed by atoms with Crippen molar-refractivity contribution in [1.29, 1.82) is 0 Å². The molecule has 78 valence electrons. The predicted octanol–water partition coefficient (Wildman–Crippen LogP) is -0.747. The third-order valence-electron chi connectivity index (χ3n) is 2.98. The Morgan fingerprint density at radius 2 is 1.64 bits per heavy atom. The number of quaternary nitrogens is 1. The number of likely N-dealkylation sites (N-methyl/N-ethyl adjacent to an activating group) is 1. The van der Waals surface area contributed by atoms with E-state index in [1.54, 1.807) is 0 Å². The van der Waals surface area contributed by atoms with Crippen LogP contribution in [0.5, 0.6) is 0 Å². The summed E-state index contributed by atoms with van der Waals surface area (Å²) in [5.41, 5.74) is 1.51. The van der Waals surface area contributed by atoms with Gasteiger partial charge in [-0.3, -0.25) is 0 Å². The Bertz CT molecular complexity index is 289. The Balaban J connectivity index is 0.000000980. The van der Waals surface area contributed by atoms with Gasteiger partial charge in [0.2, 0.25) is 0 Å². The number of hydrogen-bond donors (Lipinski definition) is 0. The molecule has 0 aromatic heterocycles. The summed E-state index contributed by atoms with van der Waals surface area (Å²) in [7, 11) is 6.86. The lowest BCUT2D eigenvalue weighted by Crippen LogP contribution is -3.00. The van der Waals surface area contributed by atoms with Gasteiger partial charge in [0.15, 0.2) is 0 Å². The highest BCUT2D eigenvalue weighted by Gasteiger charge is 2.48. The van der Waals surface area contributed by atoms with E-state index < -0.39 is 0 Å². The lowest BCUT2D eigenvalue weighted by atomic mass is 10.1. The Morgan fingerprint density at radius 3 is 2.07 bits per heavy atom. The van der Waals surface area contributed by atoms with Gasteiger partial charge in [0.05, 0.1) is 27.2 Å². The molecule has 1 saturated carbocycles. The fourth-order valence-corrected chi connectivity index (χ4v) is 2.10. The van der Waals surface area contributed by atoms with Gasteiger partial charge in [-0.1, -0.05) is 30.3 Å². The van der Waals surface area contributed by atoms with E-state index in [0.717, 1.165) is 16.4 Å². The van der Waals surface area contributed by atoms with Crippen molar-refractivity contribution in [2.24, 2.45) is 0 Å². The van der Waals surface area contributed by atoms with Crippen LogP contribution in [0.25, 0.3) is 0 Å². The number of hydrogen-bond acceptors (Lipinski definition) is 0. The van der Waals surface area contributed by atoms with Gasteiger partial charge in [-0.15, -0.1) is 0 Å². The molecule has 1 aromatic carbocycles. The standard InChI is InChI=1S/C12H18N.HI/c1-13(2,3)12-9-11(12)10-7-5-4-6-8-10;/h4-8,11-12H,9H2,1-3H3;1H/q+1;/p-1/t11-,12+;/m1./s1. The zero-order valence-electron chi connectivity index (χ0n) is 9.07. The number of halogens is 1. The molecule has 0 unspecified atom stereocenters. The average Bonchev–Trinajstić information content (AvgIpc) is 2.83. The third kappa shape index (κ3) is 2.48. The van der Waals surface area contributed by atoms with Gasteiger partial charge < -0.3 is 28.5 Å². The summed E-state index contributed by atoms with van der Waals surface area (Å²) in [6.45, 7) is 0. The van der Waals surface area contributed by atoms with Crippen molar-refractivity contribution >= 4 is 0 Å². The topological polar surface area (TPSA) is 0 Å². The second-order valence-electron chi connectivity index (χ2n) is 4.94. The first kappa shape index (κ1) is 12.0. The minimum absolute atomic E-state index is 0. The normalized spacial score (nSPS) is 25.4. The van der Waals surface area contributed by atoms with E-state index in [-0.39, 0.29) is 24.0 Å². The number of nitrogens with zero attached hydrogens (tertiary/aromatic N) is 1. The molecule has 0 amide bonds. The molecule has 2 rings (SSSR count). The van der Waals surface area contributed by atoms with Crippen LogP contribution in [0.15, 0.2) is 30.3 Å². The Labute approximate surface area is 104 Å². The lowest BCUT2D eigenvalue weighted by Gasteiger charge is -2.24. The van der Waals surface area contributed by atoms with E-state index in [0.29, 0.717) is 0 Å². The Hall–Kier alpha value is -0.0900. The molecule has 2 atom stereocenters. The molecule has 1 nitrogen and oxygen atoms in total. The van der Waals surface area contributed by atoms with Crippen molar-refractivity contribution in [2.45, 2.75) is 18.4 Å². The molecule has 0 spiro atoms. The summed E-state index contributed by atoms with van der Waals surface area (Å²) in [6, 6.07) is 11.7. The highest BCUT2D eigenvalue weighted by molar-refractivity contribution is 5.26. The molecule has 0 aliphatic heterocycles. The molecule has 0 saturated heterocycles. The number of benzene rings is 1. The van der Waals surface area contributed by atoms with Crippen LogP contribution in [-0.2, 0) is 0 Å². The first-order valence-electron chi connectivity index (χ1n) is 4.95. The van der Waals surface area contributed by atoms with E-state index in [4.69, 9.17) is 0 Å². The maximum Gasteiger partial charge on any atom is 0.0964 e. The highest BCUT2D eigenvalue weighted by Crippen LogP contribution is 2.45. The molecule has 1 aromatic rings. The summed E-state index contributed by atoms with van der Waals surface area (Å²) in [4.78, 5) is 0. The van der Waals surface area contributed by atoms with Gasteiger partial charge >= 0.3 is 0 Å². The minimum atomic E-state index is 0. The van der Waals surface area contributed by atoms with Crippen molar-refractivity contribution in [2.75, 3.05) is 21.1 Å². The van der Waals surface area contributed by atoms with Crippen molar-refractivity contribution in [1.82, 2.24) is 0 Å². The molecule has 1 aliphatic carbocycles. The van der Waals surface area contributed by atoms with Gasteiger partial charge in [0.25, 0.3) is 0 Å². The summed E-state index contributed by atoms with van der Waals surface area (Å²) in [6.07, 6.45) is 1.35. The van der Waals surface area contributed by atoms with E-state index in [2.05, 4.69) is 51.5 Å². The van der Waals surface area contributed by atoms with Crippen molar-refractivity contribution < 1.29 is 28.5 Å². The SMILES string of the molecule is C[N+](C)(C)[C@H]1C[C@@H]1c1ccccc1.[I-]. The first-order chi connectivity index (χ1) is 6.09. The second kappa shape index (κ2) is 4.19. The van der Waals surface area contributed by atoms with Crippen LogP contribution in [0.3, 0.4) is 0 Å². The van der Waals surface area contributed by atoms with E-state index in [1.807, 2.05) is 0 Å². The van der Waals surface area contributed by atoms with Crippen LogP contribution in [0, 0.1) is 0 Å². The van der Waals surface area contributed by atoms with Crippen molar-refractivity contribution in [3.8, 4) is 0 Å². The molecule has 2 heteroatoms. The van der Waals surface area contributed by atoms with Crippen LogP contribution < -0.4 is 24.0 Å². The molecule has 1 aliphatic rings. The molecule has 0 heterocycles. The Morgan fingerprint density at radius 1 is 1.07 bits per heavy atom. The molecule has 14 heavy (non-hydrogen) atoms. The van der Waals surface area contributed by atoms with Crippen LogP contribution in [-0.4, -0.2) is 31.7 Å². The summed E-state index contributed by atoms with van der Waals surface area (Å²) >= 11 is 0. The second-order valence-corrected chi connectivity index (χ2v) is 4.94. The fraction of sp³-hybridized carbons (Fsp3) is 0.500. The van der Waals surface area contributed by atoms with E-state index in [1.165, 1.54) is 12.0 Å². The lowest BCUT2D eigenvalue weighted by molar-refractivity contribution is -0.882. The molecule has 0 bridgehead atoms. The molecular formula is C12H18IN. The van der Waals surface area contributed by atoms with Gasteiger partial charge in [0, 0.05) is 12.3 Å². The van der Waals surface area contributed by atoms with E-state index >= 15 is 0 Å². The summed E-state index contributed by atoms with van der Waals surface area (Å²) in [5.74, 6) is 0.807. The summed E-state index contributed by atoms with van der Waals surface area (Å²) < 4.78 is 1.10. The third-order valence-corrected chi connectivity index (χ3v) is 2.98. The molecule has 0 N–H and O–H groups in total. The molecular weight excluding hydrogens is 285 g/mol. The largest absolute Gasteiger partial charge is 1.00 e. The van der Waals surface area contributed by atoms with Crippen molar-refractivity contribution in [3.05, 3.63) is 35.9 Å². The zero-order chi connectivity index (χ0) is 9.47. The highest BCUT2D eigenvalue weighted by atomic mass is 127.